The van der Waals surface area contributed by atoms with Gasteiger partial charge in [-0.1, -0.05) is 27.7 Å². The Hall–Kier alpha value is -2.37. The van der Waals surface area contributed by atoms with E-state index < -0.39 is 0 Å². The van der Waals surface area contributed by atoms with Crippen molar-refractivity contribution in [2.75, 3.05) is 26.3 Å². The topological polar surface area (TPSA) is 55.4 Å². The van der Waals surface area contributed by atoms with Gasteiger partial charge in [-0.25, -0.2) is 4.98 Å². The first-order chi connectivity index (χ1) is 14.5. The lowest BCUT2D eigenvalue weighted by Crippen LogP contribution is -2.24. The van der Waals surface area contributed by atoms with Gasteiger partial charge in [0.25, 0.3) is 0 Å². The highest BCUT2D eigenvalue weighted by atomic mass is 16.5. The van der Waals surface area contributed by atoms with Crippen LogP contribution >= 0.6 is 0 Å². The van der Waals surface area contributed by atoms with Crippen LogP contribution in [0.25, 0.3) is 21.8 Å². The van der Waals surface area contributed by atoms with Crippen molar-refractivity contribution in [3.63, 3.8) is 0 Å². The normalized spacial score (nSPS) is 11.7. The number of pyridine rings is 1. The molecule has 0 amide bonds. The third kappa shape index (κ3) is 6.85. The lowest BCUT2D eigenvalue weighted by Gasteiger charge is -2.11. The van der Waals surface area contributed by atoms with E-state index in [-0.39, 0.29) is 0 Å². The summed E-state index contributed by atoms with van der Waals surface area (Å²) in [5.74, 6) is 1.73. The minimum absolute atomic E-state index is 0.508. The standard InChI is InChI=1S/C25H35N3O2/c1-18(2)26-11-5-13-29-22-9-7-20-15-21-8-10-23(17-25(21)28-24(20)16-22)30-14-6-12-27-19(3)4/h7-10,15-19,26-27H,5-6,11-14H2,1-4H3. The number of nitrogens with zero attached hydrogens (tertiary/aromatic N) is 1. The van der Waals surface area contributed by atoms with Gasteiger partial charge < -0.3 is 20.1 Å². The van der Waals surface area contributed by atoms with E-state index >= 15 is 0 Å². The number of fused-ring (bicyclic) bond motifs is 2. The van der Waals surface area contributed by atoms with Crippen molar-refractivity contribution in [1.82, 2.24) is 15.6 Å². The number of ether oxygens (including phenoxy) is 2. The van der Waals surface area contributed by atoms with Crippen molar-refractivity contribution in [3.8, 4) is 11.5 Å². The molecule has 2 N–H and O–H groups in total. The van der Waals surface area contributed by atoms with Gasteiger partial charge in [0.05, 0.1) is 24.2 Å². The molecule has 1 aromatic heterocycles. The summed E-state index contributed by atoms with van der Waals surface area (Å²) < 4.78 is 11.8. The molecule has 162 valence electrons. The van der Waals surface area contributed by atoms with Gasteiger partial charge in [0.1, 0.15) is 11.5 Å². The summed E-state index contributed by atoms with van der Waals surface area (Å²) in [6, 6.07) is 15.4. The highest BCUT2D eigenvalue weighted by Crippen LogP contribution is 2.26. The van der Waals surface area contributed by atoms with Gasteiger partial charge >= 0.3 is 0 Å². The van der Waals surface area contributed by atoms with Gasteiger partial charge in [-0.05, 0) is 56.3 Å². The van der Waals surface area contributed by atoms with E-state index in [1.807, 2.05) is 24.3 Å². The van der Waals surface area contributed by atoms with Crippen molar-refractivity contribution in [3.05, 3.63) is 42.5 Å². The van der Waals surface area contributed by atoms with Gasteiger partial charge in [0, 0.05) is 35.0 Å². The van der Waals surface area contributed by atoms with Crippen LogP contribution in [0.4, 0.5) is 0 Å². The summed E-state index contributed by atoms with van der Waals surface area (Å²) in [6.07, 6.45) is 1.96. The molecule has 3 rings (SSSR count). The fourth-order valence-electron chi connectivity index (χ4n) is 3.27. The maximum absolute atomic E-state index is 5.91. The van der Waals surface area contributed by atoms with Crippen LogP contribution in [0.15, 0.2) is 42.5 Å². The zero-order valence-electron chi connectivity index (χ0n) is 18.7. The maximum atomic E-state index is 5.91. The van der Waals surface area contributed by atoms with Crippen molar-refractivity contribution >= 4 is 21.8 Å². The Bertz CT molecular complexity index is 867. The monoisotopic (exact) mass is 409 g/mol. The summed E-state index contributed by atoms with van der Waals surface area (Å²) in [7, 11) is 0. The van der Waals surface area contributed by atoms with E-state index in [2.05, 4.69) is 56.5 Å². The molecule has 0 unspecified atom stereocenters. The Balaban J connectivity index is 1.62. The number of hydrogen-bond donors (Lipinski definition) is 2. The zero-order chi connectivity index (χ0) is 21.3. The third-order valence-corrected chi connectivity index (χ3v) is 4.84. The number of hydrogen-bond acceptors (Lipinski definition) is 5. The second-order valence-corrected chi connectivity index (χ2v) is 8.32. The number of nitrogens with one attached hydrogen (secondary N) is 2. The maximum Gasteiger partial charge on any atom is 0.121 e. The molecule has 0 fully saturated rings. The molecule has 0 aliphatic heterocycles. The van der Waals surface area contributed by atoms with Crippen LogP contribution in [-0.2, 0) is 0 Å². The smallest absolute Gasteiger partial charge is 0.121 e. The molecule has 0 radical (unpaired) electrons. The minimum atomic E-state index is 0.508. The Morgan fingerprint density at radius 2 is 1.17 bits per heavy atom. The van der Waals surface area contributed by atoms with Crippen molar-refractivity contribution in [2.45, 2.75) is 52.6 Å². The molecule has 3 aromatic rings. The predicted octanol–water partition coefficient (Wildman–Crippen LogP) is 4.92. The van der Waals surface area contributed by atoms with E-state index in [0.717, 1.165) is 59.2 Å². The molecule has 0 atom stereocenters. The summed E-state index contributed by atoms with van der Waals surface area (Å²) in [5, 5.41) is 9.04. The molecule has 2 aromatic carbocycles. The average molecular weight is 410 g/mol. The molecule has 30 heavy (non-hydrogen) atoms. The Kier molecular flexibility index (Phi) is 8.29. The predicted molar refractivity (Wildman–Crippen MR) is 126 cm³/mol. The van der Waals surface area contributed by atoms with E-state index in [1.165, 1.54) is 0 Å². The van der Waals surface area contributed by atoms with E-state index in [9.17, 15) is 0 Å². The summed E-state index contributed by atoms with van der Waals surface area (Å²) in [4.78, 5) is 4.85. The quantitative estimate of drug-likeness (QED) is 0.328. The van der Waals surface area contributed by atoms with Crippen molar-refractivity contribution in [1.29, 1.82) is 0 Å². The van der Waals surface area contributed by atoms with Crippen LogP contribution in [0.5, 0.6) is 11.5 Å². The molecule has 1 heterocycles. The molecule has 0 bridgehead atoms. The third-order valence-electron chi connectivity index (χ3n) is 4.84. The van der Waals surface area contributed by atoms with Gasteiger partial charge in [-0.2, -0.15) is 0 Å². The number of aromatic nitrogens is 1. The second kappa shape index (κ2) is 11.1. The molecular weight excluding hydrogens is 374 g/mol. The van der Waals surface area contributed by atoms with Crippen LogP contribution < -0.4 is 20.1 Å². The van der Waals surface area contributed by atoms with E-state index in [4.69, 9.17) is 14.5 Å². The first-order valence-corrected chi connectivity index (χ1v) is 11.1. The highest BCUT2D eigenvalue weighted by molar-refractivity contribution is 5.93. The molecule has 0 aliphatic rings. The molecule has 5 heteroatoms. The molecule has 0 spiro atoms. The lowest BCUT2D eigenvalue weighted by molar-refractivity contribution is 0.306. The van der Waals surface area contributed by atoms with Gasteiger partial charge in [-0.3, -0.25) is 0 Å². The minimum Gasteiger partial charge on any atom is -0.493 e. The first kappa shape index (κ1) is 22.3. The van der Waals surface area contributed by atoms with Crippen molar-refractivity contribution < 1.29 is 9.47 Å². The average Bonchev–Trinajstić information content (AvgIpc) is 2.71. The Labute approximate surface area is 180 Å². The second-order valence-electron chi connectivity index (χ2n) is 8.32. The number of benzene rings is 2. The SMILES string of the molecule is CC(C)NCCCOc1ccc2cc3ccc(OCCCNC(C)C)cc3nc2c1. The molecular formula is C25H35N3O2. The molecule has 0 saturated heterocycles. The lowest BCUT2D eigenvalue weighted by atomic mass is 10.1. The highest BCUT2D eigenvalue weighted by Gasteiger charge is 2.05. The van der Waals surface area contributed by atoms with Gasteiger partial charge in [-0.15, -0.1) is 0 Å². The fourth-order valence-corrected chi connectivity index (χ4v) is 3.27. The van der Waals surface area contributed by atoms with Crippen LogP contribution in [0.3, 0.4) is 0 Å². The van der Waals surface area contributed by atoms with Crippen LogP contribution in [0.2, 0.25) is 0 Å². The van der Waals surface area contributed by atoms with E-state index in [1.54, 1.807) is 0 Å². The Morgan fingerprint density at radius 3 is 1.60 bits per heavy atom. The van der Waals surface area contributed by atoms with Gasteiger partial charge in [0.2, 0.25) is 0 Å². The summed E-state index contributed by atoms with van der Waals surface area (Å²) in [5.41, 5.74) is 1.89. The Morgan fingerprint density at radius 1 is 0.700 bits per heavy atom. The molecule has 5 nitrogen and oxygen atoms in total. The summed E-state index contributed by atoms with van der Waals surface area (Å²) >= 11 is 0. The fraction of sp³-hybridized carbons (Fsp3) is 0.480. The van der Waals surface area contributed by atoms with Crippen LogP contribution in [0, 0.1) is 0 Å². The van der Waals surface area contributed by atoms with Crippen LogP contribution in [-0.4, -0.2) is 43.4 Å². The number of rotatable bonds is 12. The van der Waals surface area contributed by atoms with Crippen LogP contribution in [0.1, 0.15) is 40.5 Å². The van der Waals surface area contributed by atoms with Gasteiger partial charge in [0.15, 0.2) is 0 Å². The molecule has 0 aliphatic carbocycles. The summed E-state index contributed by atoms with van der Waals surface area (Å²) in [6.45, 7) is 11.9. The zero-order valence-corrected chi connectivity index (χ0v) is 18.7. The van der Waals surface area contributed by atoms with E-state index in [0.29, 0.717) is 25.3 Å². The first-order valence-electron chi connectivity index (χ1n) is 11.1. The van der Waals surface area contributed by atoms with Crippen molar-refractivity contribution in [2.24, 2.45) is 0 Å². The molecule has 0 saturated carbocycles. The largest absolute Gasteiger partial charge is 0.493 e.